The molecule has 1 amide bonds. The maximum absolute atomic E-state index is 12.9. The van der Waals surface area contributed by atoms with Crippen molar-refractivity contribution in [3.05, 3.63) is 41.1 Å². The molecule has 1 N–H and O–H groups in total. The molecule has 1 aromatic heterocycles. The normalized spacial score (nSPS) is 15.3. The van der Waals surface area contributed by atoms with Gasteiger partial charge in [-0.1, -0.05) is 6.07 Å². The molecule has 0 aliphatic carbocycles. The Balaban J connectivity index is 1.62. The van der Waals surface area contributed by atoms with Gasteiger partial charge in [-0.2, -0.15) is 5.10 Å². The number of aromatic nitrogens is 2. The fourth-order valence-corrected chi connectivity index (χ4v) is 2.89. The minimum atomic E-state index is -0.0548. The molecule has 0 bridgehead atoms. The molecule has 2 aliphatic rings. The number of benzene rings is 1. The Morgan fingerprint density at radius 1 is 1.30 bits per heavy atom. The van der Waals surface area contributed by atoms with Crippen molar-refractivity contribution in [1.29, 1.82) is 0 Å². The maximum Gasteiger partial charge on any atom is 0.258 e. The first-order valence-corrected chi connectivity index (χ1v) is 7.47. The molecule has 118 valence electrons. The van der Waals surface area contributed by atoms with Crippen LogP contribution in [0.5, 0.6) is 11.5 Å². The molecule has 0 fully saturated rings. The molecule has 0 spiro atoms. The standard InChI is InChI=1S/C16H16N4O3/c1-17-14-7-10-8-20(6-5-12(10)18-19-14)16(21)11-3-2-4-13-15(11)23-9-22-13/h2-4,7H,5-6,8-9H2,1H3,(H,17,19). The summed E-state index contributed by atoms with van der Waals surface area (Å²) in [7, 11) is 1.80. The predicted molar refractivity (Wildman–Crippen MR) is 82.6 cm³/mol. The Bertz CT molecular complexity index is 778. The third kappa shape index (κ3) is 2.34. The Hall–Kier alpha value is -2.83. The van der Waals surface area contributed by atoms with Crippen molar-refractivity contribution < 1.29 is 14.3 Å². The number of hydrogen-bond donors (Lipinski definition) is 1. The number of hydrogen-bond acceptors (Lipinski definition) is 6. The van der Waals surface area contributed by atoms with Crippen molar-refractivity contribution in [1.82, 2.24) is 15.1 Å². The van der Waals surface area contributed by atoms with Crippen LogP contribution in [-0.2, 0) is 13.0 Å². The third-order valence-electron chi connectivity index (χ3n) is 4.11. The molecule has 0 atom stereocenters. The van der Waals surface area contributed by atoms with Gasteiger partial charge in [-0.25, -0.2) is 0 Å². The number of fused-ring (bicyclic) bond motifs is 2. The molecule has 0 radical (unpaired) electrons. The Labute approximate surface area is 133 Å². The van der Waals surface area contributed by atoms with Gasteiger partial charge in [-0.15, -0.1) is 5.10 Å². The fraction of sp³-hybridized carbons (Fsp3) is 0.312. The van der Waals surface area contributed by atoms with Crippen LogP contribution in [-0.4, -0.2) is 41.4 Å². The van der Waals surface area contributed by atoms with Crippen LogP contribution in [0.1, 0.15) is 21.6 Å². The largest absolute Gasteiger partial charge is 0.454 e. The molecular formula is C16H16N4O3. The second-order valence-corrected chi connectivity index (χ2v) is 5.47. The lowest BCUT2D eigenvalue weighted by Crippen LogP contribution is -2.36. The van der Waals surface area contributed by atoms with E-state index in [2.05, 4.69) is 15.5 Å². The van der Waals surface area contributed by atoms with E-state index in [0.29, 0.717) is 42.4 Å². The highest BCUT2D eigenvalue weighted by molar-refractivity contribution is 5.98. The van der Waals surface area contributed by atoms with Gasteiger partial charge < -0.3 is 19.7 Å². The number of carbonyl (C=O) groups is 1. The highest BCUT2D eigenvalue weighted by atomic mass is 16.7. The fourth-order valence-electron chi connectivity index (χ4n) is 2.89. The molecule has 1 aromatic carbocycles. The van der Waals surface area contributed by atoms with Crippen LogP contribution < -0.4 is 14.8 Å². The lowest BCUT2D eigenvalue weighted by molar-refractivity contribution is 0.0728. The molecule has 4 rings (SSSR count). The summed E-state index contributed by atoms with van der Waals surface area (Å²) in [5, 5.41) is 11.3. The van der Waals surface area contributed by atoms with Gasteiger partial charge in [0.1, 0.15) is 5.82 Å². The van der Waals surface area contributed by atoms with E-state index < -0.39 is 0 Å². The number of para-hydroxylation sites is 1. The van der Waals surface area contributed by atoms with Gasteiger partial charge >= 0.3 is 0 Å². The van der Waals surface area contributed by atoms with Crippen LogP contribution in [0.4, 0.5) is 5.82 Å². The molecule has 2 aliphatic heterocycles. The summed E-state index contributed by atoms with van der Waals surface area (Å²) in [5.41, 5.74) is 2.51. The molecule has 0 unspecified atom stereocenters. The van der Waals surface area contributed by atoms with E-state index in [-0.39, 0.29) is 12.7 Å². The summed E-state index contributed by atoms with van der Waals surface area (Å²) in [5.74, 6) is 1.81. The topological polar surface area (TPSA) is 76.6 Å². The van der Waals surface area contributed by atoms with E-state index in [4.69, 9.17) is 9.47 Å². The molecule has 23 heavy (non-hydrogen) atoms. The lowest BCUT2D eigenvalue weighted by Gasteiger charge is -2.28. The monoisotopic (exact) mass is 312 g/mol. The number of nitrogens with zero attached hydrogens (tertiary/aromatic N) is 3. The molecule has 7 heteroatoms. The van der Waals surface area contributed by atoms with E-state index in [0.717, 1.165) is 11.3 Å². The van der Waals surface area contributed by atoms with E-state index in [1.165, 1.54) is 0 Å². The zero-order valence-electron chi connectivity index (χ0n) is 12.7. The van der Waals surface area contributed by atoms with Gasteiger partial charge in [0.05, 0.1) is 11.3 Å². The van der Waals surface area contributed by atoms with Crippen molar-refractivity contribution in [2.24, 2.45) is 0 Å². The van der Waals surface area contributed by atoms with Crippen molar-refractivity contribution >= 4 is 11.7 Å². The second kappa shape index (κ2) is 5.42. The number of nitrogens with one attached hydrogen (secondary N) is 1. The molecule has 0 saturated heterocycles. The Morgan fingerprint density at radius 2 is 2.22 bits per heavy atom. The maximum atomic E-state index is 12.9. The minimum absolute atomic E-state index is 0.0548. The summed E-state index contributed by atoms with van der Waals surface area (Å²) in [6.07, 6.45) is 0.699. The van der Waals surface area contributed by atoms with Crippen LogP contribution in [0.3, 0.4) is 0 Å². The average molecular weight is 312 g/mol. The van der Waals surface area contributed by atoms with Crippen LogP contribution in [0.2, 0.25) is 0 Å². The van der Waals surface area contributed by atoms with Gasteiger partial charge in [0, 0.05) is 26.6 Å². The SMILES string of the molecule is CNc1cc2c(nn1)CCN(C(=O)c1cccc3c1OCO3)C2. The summed E-state index contributed by atoms with van der Waals surface area (Å²) < 4.78 is 10.8. The van der Waals surface area contributed by atoms with Crippen molar-refractivity contribution in [3.8, 4) is 11.5 Å². The number of ether oxygens (including phenoxy) is 2. The molecule has 7 nitrogen and oxygen atoms in total. The highest BCUT2D eigenvalue weighted by Gasteiger charge is 2.28. The van der Waals surface area contributed by atoms with Crippen molar-refractivity contribution in [3.63, 3.8) is 0 Å². The molecule has 0 saturated carbocycles. The van der Waals surface area contributed by atoms with Gasteiger partial charge in [0.25, 0.3) is 5.91 Å². The quantitative estimate of drug-likeness (QED) is 0.904. The number of amides is 1. The summed E-state index contributed by atoms with van der Waals surface area (Å²) in [4.78, 5) is 14.7. The molecule has 3 heterocycles. The zero-order valence-corrected chi connectivity index (χ0v) is 12.7. The van der Waals surface area contributed by atoms with Crippen LogP contribution in [0.15, 0.2) is 24.3 Å². The first-order chi connectivity index (χ1) is 11.3. The van der Waals surface area contributed by atoms with Gasteiger partial charge in [-0.3, -0.25) is 4.79 Å². The van der Waals surface area contributed by atoms with Gasteiger partial charge in [0.2, 0.25) is 6.79 Å². The van der Waals surface area contributed by atoms with Crippen molar-refractivity contribution in [2.75, 3.05) is 25.7 Å². The molecular weight excluding hydrogens is 296 g/mol. The summed E-state index contributed by atoms with van der Waals surface area (Å²) in [6.45, 7) is 1.29. The van der Waals surface area contributed by atoms with Crippen LogP contribution >= 0.6 is 0 Å². The Morgan fingerprint density at radius 3 is 3.09 bits per heavy atom. The second-order valence-electron chi connectivity index (χ2n) is 5.47. The van der Waals surface area contributed by atoms with Crippen molar-refractivity contribution in [2.45, 2.75) is 13.0 Å². The molecule has 2 aromatic rings. The third-order valence-corrected chi connectivity index (χ3v) is 4.11. The number of rotatable bonds is 2. The number of anilines is 1. The zero-order chi connectivity index (χ0) is 15.8. The van der Waals surface area contributed by atoms with E-state index >= 15 is 0 Å². The van der Waals surface area contributed by atoms with E-state index in [1.54, 1.807) is 24.1 Å². The first-order valence-electron chi connectivity index (χ1n) is 7.47. The summed E-state index contributed by atoms with van der Waals surface area (Å²) >= 11 is 0. The van der Waals surface area contributed by atoms with Crippen LogP contribution in [0.25, 0.3) is 0 Å². The average Bonchev–Trinajstić information content (AvgIpc) is 3.08. The summed E-state index contributed by atoms with van der Waals surface area (Å²) in [6, 6.07) is 7.33. The van der Waals surface area contributed by atoms with E-state index in [1.807, 2.05) is 12.1 Å². The smallest absolute Gasteiger partial charge is 0.258 e. The lowest BCUT2D eigenvalue weighted by atomic mass is 10.0. The van der Waals surface area contributed by atoms with E-state index in [9.17, 15) is 4.79 Å². The predicted octanol–water partition coefficient (Wildman–Crippen LogP) is 1.45. The van der Waals surface area contributed by atoms with Gasteiger partial charge in [-0.05, 0) is 23.8 Å². The number of carbonyl (C=O) groups excluding carboxylic acids is 1. The Kier molecular flexibility index (Phi) is 3.25. The first kappa shape index (κ1) is 13.8. The van der Waals surface area contributed by atoms with Crippen LogP contribution in [0, 0.1) is 0 Å². The highest BCUT2D eigenvalue weighted by Crippen LogP contribution is 2.36. The van der Waals surface area contributed by atoms with Gasteiger partial charge in [0.15, 0.2) is 11.5 Å². The minimum Gasteiger partial charge on any atom is -0.454 e.